The average Bonchev–Trinajstić information content (AvgIpc) is 2.36. The molecule has 1 aliphatic carbocycles. The van der Waals surface area contributed by atoms with Gasteiger partial charge in [0.15, 0.2) is 5.78 Å². The van der Waals surface area contributed by atoms with Crippen LogP contribution in [0.25, 0.3) is 0 Å². The average molecular weight is 323 g/mol. The summed E-state index contributed by atoms with van der Waals surface area (Å²) in [5, 5.41) is 0. The van der Waals surface area contributed by atoms with Crippen LogP contribution in [0.1, 0.15) is 41.5 Å². The Labute approximate surface area is 119 Å². The van der Waals surface area contributed by atoms with Crippen molar-refractivity contribution in [2.75, 3.05) is 0 Å². The number of halogens is 3. The number of carbonyl (C=O) groups excluding carboxylic acids is 1. The minimum Gasteiger partial charge on any atom is -0.376 e. The fraction of sp³-hybridized carbons (Fsp3) is 0.500. The summed E-state index contributed by atoms with van der Waals surface area (Å²) >= 11 is 0. The lowest BCUT2D eigenvalue weighted by Crippen LogP contribution is -2.29. The molecule has 1 aliphatic rings. The second kappa shape index (κ2) is 5.28. The first kappa shape index (κ1) is 15.7. The van der Waals surface area contributed by atoms with Crippen molar-refractivity contribution in [2.24, 2.45) is 0 Å². The third-order valence-electron chi connectivity index (χ3n) is 3.10. The van der Waals surface area contributed by atoms with E-state index in [-0.39, 0.29) is 5.69 Å². The van der Waals surface area contributed by atoms with Crippen LogP contribution in [-0.2, 0) is 23.0 Å². The summed E-state index contributed by atoms with van der Waals surface area (Å²) in [5.74, 6) is -0.931. The van der Waals surface area contributed by atoms with Crippen molar-refractivity contribution in [1.29, 1.82) is 0 Å². The van der Waals surface area contributed by atoms with Gasteiger partial charge in [0.1, 0.15) is 11.4 Å². The summed E-state index contributed by atoms with van der Waals surface area (Å²) < 4.78 is 63.7. The lowest BCUT2D eigenvalue weighted by Gasteiger charge is -2.19. The molecule has 1 aromatic heterocycles. The molecule has 0 unspecified atom stereocenters. The normalized spacial score (nSPS) is 15.4. The van der Waals surface area contributed by atoms with Crippen LogP contribution in [-0.4, -0.2) is 24.7 Å². The molecule has 0 aromatic carbocycles. The van der Waals surface area contributed by atoms with Gasteiger partial charge in [0.2, 0.25) is 0 Å². The molecule has 0 amide bonds. The number of pyridine rings is 1. The molecule has 0 saturated heterocycles. The number of fused-ring (bicyclic) bond motifs is 1. The van der Waals surface area contributed by atoms with Gasteiger partial charge in [-0.2, -0.15) is 21.6 Å². The first-order chi connectivity index (χ1) is 9.62. The van der Waals surface area contributed by atoms with E-state index in [0.717, 1.165) is 12.5 Å². The van der Waals surface area contributed by atoms with Crippen molar-refractivity contribution in [3.8, 4) is 5.75 Å². The third-order valence-corrected chi connectivity index (χ3v) is 4.07. The van der Waals surface area contributed by atoms with Gasteiger partial charge in [0.25, 0.3) is 0 Å². The number of carbonyl (C=O) groups is 1. The van der Waals surface area contributed by atoms with Gasteiger partial charge in [-0.15, -0.1) is 0 Å². The van der Waals surface area contributed by atoms with Crippen LogP contribution < -0.4 is 4.18 Å². The summed E-state index contributed by atoms with van der Waals surface area (Å²) in [6.45, 7) is 1.19. The molecule has 0 spiro atoms. The first-order valence-corrected chi connectivity index (χ1v) is 7.57. The van der Waals surface area contributed by atoms with E-state index in [1.165, 1.54) is 6.92 Å². The summed E-state index contributed by atoms with van der Waals surface area (Å²) in [5.41, 5.74) is -4.89. The predicted molar refractivity (Wildman–Crippen MR) is 66.5 cm³/mol. The molecular weight excluding hydrogens is 311 g/mol. The van der Waals surface area contributed by atoms with Gasteiger partial charge >= 0.3 is 15.6 Å². The smallest absolute Gasteiger partial charge is 0.376 e. The zero-order chi connectivity index (χ0) is 15.8. The Kier molecular flexibility index (Phi) is 3.96. The van der Waals surface area contributed by atoms with Crippen molar-refractivity contribution in [3.05, 3.63) is 23.0 Å². The van der Waals surface area contributed by atoms with Gasteiger partial charge in [-0.05, 0) is 25.7 Å². The zero-order valence-electron chi connectivity index (χ0n) is 11.0. The molecule has 0 aliphatic heterocycles. The standard InChI is InChI=1S/C12H12F3NO4S/c1-7(17)10-6-11(20-21(18,19)12(13,14)15)8-4-2-3-5-9(8)16-10/h6H,2-5H2,1H3. The Hall–Kier alpha value is -1.64. The second-order valence-corrected chi connectivity index (χ2v) is 6.22. The summed E-state index contributed by atoms with van der Waals surface area (Å²) in [7, 11) is -5.77. The number of hydrogen-bond donors (Lipinski definition) is 0. The summed E-state index contributed by atoms with van der Waals surface area (Å²) in [6, 6.07) is 0.954. The highest BCUT2D eigenvalue weighted by atomic mass is 32.2. The number of aromatic nitrogens is 1. The van der Waals surface area contributed by atoms with E-state index in [0.29, 0.717) is 30.5 Å². The Morgan fingerprint density at radius 1 is 1.29 bits per heavy atom. The molecule has 1 heterocycles. The molecule has 0 fully saturated rings. The van der Waals surface area contributed by atoms with E-state index >= 15 is 0 Å². The Bertz CT molecular complexity index is 682. The van der Waals surface area contributed by atoms with E-state index in [1.807, 2.05) is 0 Å². The van der Waals surface area contributed by atoms with Crippen LogP contribution in [0.15, 0.2) is 6.07 Å². The molecule has 0 radical (unpaired) electrons. The maximum Gasteiger partial charge on any atom is 0.534 e. The molecule has 116 valence electrons. The monoisotopic (exact) mass is 323 g/mol. The number of aryl methyl sites for hydroxylation is 1. The minimum absolute atomic E-state index is 0.108. The van der Waals surface area contributed by atoms with Crippen molar-refractivity contribution in [1.82, 2.24) is 4.98 Å². The maximum atomic E-state index is 12.4. The number of rotatable bonds is 3. The number of nitrogens with zero attached hydrogens (tertiary/aromatic N) is 1. The quantitative estimate of drug-likeness (QED) is 0.485. The summed E-state index contributed by atoms with van der Waals surface area (Å²) in [4.78, 5) is 15.4. The molecule has 0 N–H and O–H groups in total. The fourth-order valence-electron chi connectivity index (χ4n) is 2.09. The van der Waals surface area contributed by atoms with E-state index in [2.05, 4.69) is 9.17 Å². The molecule has 0 bridgehead atoms. The SMILES string of the molecule is CC(=O)c1cc(OS(=O)(=O)C(F)(F)F)c2c(n1)CCCC2. The van der Waals surface area contributed by atoms with Crippen molar-refractivity contribution in [3.63, 3.8) is 0 Å². The van der Waals surface area contributed by atoms with Crippen molar-refractivity contribution >= 4 is 15.9 Å². The first-order valence-electron chi connectivity index (χ1n) is 6.16. The predicted octanol–water partition coefficient (Wildman–Crippen LogP) is 2.39. The third kappa shape index (κ3) is 3.17. The zero-order valence-corrected chi connectivity index (χ0v) is 11.8. The number of Topliss-reactive ketones (excluding diaryl/α,β-unsaturated/α-hetero) is 1. The van der Waals surface area contributed by atoms with E-state index < -0.39 is 27.2 Å². The maximum absolute atomic E-state index is 12.4. The van der Waals surface area contributed by atoms with Gasteiger partial charge in [-0.1, -0.05) is 0 Å². The molecule has 1 aromatic rings. The Balaban J connectivity index is 2.52. The molecule has 2 rings (SSSR count). The molecular formula is C12H12F3NO4S. The van der Waals surface area contributed by atoms with Crippen LogP contribution in [0.3, 0.4) is 0 Å². The topological polar surface area (TPSA) is 73.3 Å². The van der Waals surface area contributed by atoms with Gasteiger partial charge in [0.05, 0.1) is 0 Å². The van der Waals surface area contributed by atoms with E-state index in [9.17, 15) is 26.4 Å². The van der Waals surface area contributed by atoms with Gasteiger partial charge < -0.3 is 4.18 Å². The van der Waals surface area contributed by atoms with Crippen LogP contribution >= 0.6 is 0 Å². The lowest BCUT2D eigenvalue weighted by molar-refractivity contribution is -0.0500. The minimum atomic E-state index is -5.77. The highest BCUT2D eigenvalue weighted by Crippen LogP contribution is 2.33. The van der Waals surface area contributed by atoms with Crippen LogP contribution in [0.4, 0.5) is 13.2 Å². The van der Waals surface area contributed by atoms with Crippen molar-refractivity contribution < 1.29 is 30.6 Å². The highest BCUT2D eigenvalue weighted by Gasteiger charge is 2.49. The molecule has 9 heteroatoms. The highest BCUT2D eigenvalue weighted by molar-refractivity contribution is 7.88. The summed E-state index contributed by atoms with van der Waals surface area (Å²) in [6.07, 6.45) is 2.30. The number of hydrogen-bond acceptors (Lipinski definition) is 5. The second-order valence-electron chi connectivity index (χ2n) is 4.68. The van der Waals surface area contributed by atoms with Gasteiger partial charge in [-0.3, -0.25) is 4.79 Å². The Morgan fingerprint density at radius 2 is 1.90 bits per heavy atom. The molecule has 5 nitrogen and oxygen atoms in total. The molecule has 0 saturated carbocycles. The largest absolute Gasteiger partial charge is 0.534 e. The van der Waals surface area contributed by atoms with Crippen LogP contribution in [0, 0.1) is 0 Å². The molecule has 21 heavy (non-hydrogen) atoms. The van der Waals surface area contributed by atoms with Gasteiger partial charge in [-0.25, -0.2) is 4.98 Å². The van der Waals surface area contributed by atoms with E-state index in [1.54, 1.807) is 0 Å². The van der Waals surface area contributed by atoms with Crippen LogP contribution in [0.2, 0.25) is 0 Å². The number of ketones is 1. The lowest BCUT2D eigenvalue weighted by atomic mass is 9.94. The fourth-order valence-corrected chi connectivity index (χ4v) is 2.57. The van der Waals surface area contributed by atoms with E-state index in [4.69, 9.17) is 0 Å². The molecule has 0 atom stereocenters. The van der Waals surface area contributed by atoms with Crippen molar-refractivity contribution in [2.45, 2.75) is 38.1 Å². The van der Waals surface area contributed by atoms with Crippen LogP contribution in [0.5, 0.6) is 5.75 Å². The Morgan fingerprint density at radius 3 is 2.48 bits per heavy atom. The van der Waals surface area contributed by atoms with Gasteiger partial charge in [0, 0.05) is 24.2 Å². The number of alkyl halides is 3.